The summed E-state index contributed by atoms with van der Waals surface area (Å²) in [5, 5.41) is 19.5. The third kappa shape index (κ3) is 3.29. The molecule has 1 aliphatic carbocycles. The first-order valence-corrected chi connectivity index (χ1v) is 10.5. The Balaban J connectivity index is 1.55. The van der Waals surface area contributed by atoms with Gasteiger partial charge in [0, 0.05) is 23.9 Å². The topological polar surface area (TPSA) is 121 Å². The number of hydrogen-bond donors (Lipinski definition) is 2. The molecule has 2 atom stereocenters. The van der Waals surface area contributed by atoms with Gasteiger partial charge in [0.15, 0.2) is 10.7 Å². The van der Waals surface area contributed by atoms with Gasteiger partial charge in [0.25, 0.3) is 11.8 Å². The number of thiophene rings is 1. The highest BCUT2D eigenvalue weighted by Crippen LogP contribution is 2.43. The van der Waals surface area contributed by atoms with E-state index in [2.05, 4.69) is 15.5 Å². The van der Waals surface area contributed by atoms with Gasteiger partial charge >= 0.3 is 5.82 Å². The van der Waals surface area contributed by atoms with Gasteiger partial charge in [-0.05, 0) is 43.2 Å². The number of aromatic amines is 1. The molecule has 0 bridgehead atoms. The van der Waals surface area contributed by atoms with Gasteiger partial charge in [0.2, 0.25) is 0 Å². The van der Waals surface area contributed by atoms with Crippen LogP contribution in [-0.2, 0) is 0 Å². The van der Waals surface area contributed by atoms with Crippen molar-refractivity contribution >= 4 is 40.6 Å². The summed E-state index contributed by atoms with van der Waals surface area (Å²) in [5.74, 6) is -0.964. The van der Waals surface area contributed by atoms with E-state index in [1.807, 2.05) is 19.9 Å². The molecule has 2 aliphatic rings. The van der Waals surface area contributed by atoms with Crippen LogP contribution in [0.3, 0.4) is 0 Å². The molecule has 9 nitrogen and oxygen atoms in total. The monoisotopic (exact) mass is 437 g/mol. The Morgan fingerprint density at radius 2 is 2.24 bits per heavy atom. The van der Waals surface area contributed by atoms with Crippen LogP contribution in [0.2, 0.25) is 5.02 Å². The SMILES string of the molecule is Cc1cc(C)c(C(=O)N2C[C@@H]3CCC[C@]3(NC(=O)c3n[nH]c([N+](=O)[O-])c3Cl)C2)s1. The van der Waals surface area contributed by atoms with Crippen LogP contribution in [0.25, 0.3) is 0 Å². The molecule has 2 amide bonds. The Morgan fingerprint density at radius 1 is 1.48 bits per heavy atom. The number of likely N-dealkylation sites (tertiary alicyclic amines) is 1. The van der Waals surface area contributed by atoms with Crippen LogP contribution in [-0.4, -0.2) is 50.5 Å². The minimum Gasteiger partial charge on any atom is -0.358 e. The van der Waals surface area contributed by atoms with Gasteiger partial charge in [0.1, 0.15) is 0 Å². The van der Waals surface area contributed by atoms with Crippen molar-refractivity contribution in [2.24, 2.45) is 5.92 Å². The highest BCUT2D eigenvalue weighted by molar-refractivity contribution is 7.14. The van der Waals surface area contributed by atoms with Crippen LogP contribution >= 0.6 is 22.9 Å². The normalized spacial score (nSPS) is 23.3. The maximum absolute atomic E-state index is 13.1. The third-order valence-electron chi connectivity index (χ3n) is 5.84. The molecule has 154 valence electrons. The number of nitrogens with one attached hydrogen (secondary N) is 2. The number of amides is 2. The number of carbonyl (C=O) groups is 2. The highest BCUT2D eigenvalue weighted by atomic mass is 35.5. The lowest BCUT2D eigenvalue weighted by molar-refractivity contribution is -0.389. The Labute approximate surface area is 175 Å². The third-order valence-corrected chi connectivity index (χ3v) is 7.34. The zero-order valence-electron chi connectivity index (χ0n) is 16.0. The van der Waals surface area contributed by atoms with Crippen molar-refractivity contribution in [1.29, 1.82) is 0 Å². The van der Waals surface area contributed by atoms with Crippen LogP contribution in [0.4, 0.5) is 5.82 Å². The predicted molar refractivity (Wildman–Crippen MR) is 107 cm³/mol. The summed E-state index contributed by atoms with van der Waals surface area (Å²) >= 11 is 7.44. The zero-order valence-corrected chi connectivity index (χ0v) is 17.5. The van der Waals surface area contributed by atoms with Crippen molar-refractivity contribution in [2.45, 2.75) is 38.6 Å². The Hall–Kier alpha value is -2.46. The van der Waals surface area contributed by atoms with Gasteiger partial charge in [-0.15, -0.1) is 16.4 Å². The summed E-state index contributed by atoms with van der Waals surface area (Å²) in [6, 6.07) is 2.00. The molecule has 4 rings (SSSR count). The molecule has 1 aliphatic heterocycles. The van der Waals surface area contributed by atoms with E-state index >= 15 is 0 Å². The second-order valence-corrected chi connectivity index (χ2v) is 9.38. The number of fused-ring (bicyclic) bond motifs is 1. The van der Waals surface area contributed by atoms with Gasteiger partial charge in [-0.2, -0.15) is 0 Å². The second kappa shape index (κ2) is 7.10. The van der Waals surface area contributed by atoms with E-state index in [1.165, 1.54) is 11.3 Å². The fourth-order valence-corrected chi connectivity index (χ4v) is 5.76. The lowest BCUT2D eigenvalue weighted by atomic mass is 9.90. The molecular weight excluding hydrogens is 418 g/mol. The minimum atomic E-state index is -0.718. The molecule has 0 aromatic carbocycles. The van der Waals surface area contributed by atoms with Crippen molar-refractivity contribution in [1.82, 2.24) is 20.4 Å². The van der Waals surface area contributed by atoms with Gasteiger partial charge in [0.05, 0.1) is 10.4 Å². The largest absolute Gasteiger partial charge is 0.362 e. The highest BCUT2D eigenvalue weighted by Gasteiger charge is 2.52. The Bertz CT molecular complexity index is 1020. The van der Waals surface area contributed by atoms with E-state index in [0.717, 1.165) is 34.6 Å². The van der Waals surface area contributed by atoms with Crippen molar-refractivity contribution in [3.8, 4) is 0 Å². The first-order chi connectivity index (χ1) is 13.7. The Kier molecular flexibility index (Phi) is 4.86. The molecule has 2 fully saturated rings. The molecule has 3 heterocycles. The quantitative estimate of drug-likeness (QED) is 0.562. The van der Waals surface area contributed by atoms with Crippen molar-refractivity contribution in [3.63, 3.8) is 0 Å². The van der Waals surface area contributed by atoms with Crippen LogP contribution < -0.4 is 5.32 Å². The average molecular weight is 438 g/mol. The van der Waals surface area contributed by atoms with E-state index in [0.29, 0.717) is 13.1 Å². The fraction of sp³-hybridized carbons (Fsp3) is 0.500. The van der Waals surface area contributed by atoms with E-state index < -0.39 is 22.2 Å². The molecule has 2 aromatic rings. The summed E-state index contributed by atoms with van der Waals surface area (Å²) in [5.41, 5.74) is 0.195. The molecule has 29 heavy (non-hydrogen) atoms. The molecule has 1 saturated heterocycles. The molecule has 0 spiro atoms. The van der Waals surface area contributed by atoms with Gasteiger partial charge in [-0.3, -0.25) is 9.59 Å². The first-order valence-electron chi connectivity index (χ1n) is 9.29. The number of nitrogens with zero attached hydrogens (tertiary/aromatic N) is 3. The summed E-state index contributed by atoms with van der Waals surface area (Å²) < 4.78 is 0. The number of rotatable bonds is 4. The van der Waals surface area contributed by atoms with Gasteiger partial charge < -0.3 is 20.3 Å². The molecule has 2 N–H and O–H groups in total. The molecule has 1 saturated carbocycles. The first kappa shape index (κ1) is 19.8. The number of aryl methyl sites for hydroxylation is 2. The number of H-pyrrole nitrogens is 1. The molecule has 11 heteroatoms. The summed E-state index contributed by atoms with van der Waals surface area (Å²) in [7, 11) is 0. The van der Waals surface area contributed by atoms with Crippen LogP contribution in [0.1, 0.15) is 49.9 Å². The number of nitro groups is 1. The smallest absolute Gasteiger partial charge is 0.358 e. The van der Waals surface area contributed by atoms with Crippen LogP contribution in [0.5, 0.6) is 0 Å². The number of carbonyl (C=O) groups excluding carboxylic acids is 2. The summed E-state index contributed by atoms with van der Waals surface area (Å²) in [6.45, 7) is 4.88. The van der Waals surface area contributed by atoms with Crippen molar-refractivity contribution < 1.29 is 14.5 Å². The number of aromatic nitrogens is 2. The molecule has 0 radical (unpaired) electrons. The number of hydrogen-bond acceptors (Lipinski definition) is 6. The average Bonchev–Trinajstić information content (AvgIpc) is 3.36. The maximum atomic E-state index is 13.1. The zero-order chi connectivity index (χ0) is 20.9. The van der Waals surface area contributed by atoms with Gasteiger partial charge in [-0.1, -0.05) is 23.1 Å². The Morgan fingerprint density at radius 3 is 2.86 bits per heavy atom. The maximum Gasteiger partial charge on any atom is 0.362 e. The lowest BCUT2D eigenvalue weighted by Crippen LogP contribution is -2.52. The van der Waals surface area contributed by atoms with Crippen molar-refractivity contribution in [2.75, 3.05) is 13.1 Å². The molecule has 0 unspecified atom stereocenters. The minimum absolute atomic E-state index is 0.0166. The second-order valence-electron chi connectivity index (χ2n) is 7.75. The standard InChI is InChI=1S/C18H20ClN5O4S/c1-9-6-10(2)29-14(9)17(26)23-7-11-4-3-5-18(11,8-23)20-16(25)13-12(19)15(22-21-13)24(27)28/h6,11H,3-5,7-8H2,1-2H3,(H,20,25)(H,21,22)/t11-,18-/m0/s1. The lowest BCUT2D eigenvalue weighted by Gasteiger charge is -2.29. The van der Waals surface area contributed by atoms with Crippen LogP contribution in [0, 0.1) is 29.9 Å². The van der Waals surface area contributed by atoms with Crippen LogP contribution in [0.15, 0.2) is 6.07 Å². The number of halogens is 1. The summed E-state index contributed by atoms with van der Waals surface area (Å²) in [6.07, 6.45) is 2.58. The predicted octanol–water partition coefficient (Wildman–Crippen LogP) is 3.07. The van der Waals surface area contributed by atoms with E-state index in [-0.39, 0.29) is 22.5 Å². The van der Waals surface area contributed by atoms with Crippen molar-refractivity contribution in [3.05, 3.63) is 42.2 Å². The van der Waals surface area contributed by atoms with E-state index in [9.17, 15) is 19.7 Å². The molecule has 2 aromatic heterocycles. The fourth-order valence-electron chi connectivity index (χ4n) is 4.52. The van der Waals surface area contributed by atoms with E-state index in [4.69, 9.17) is 11.6 Å². The van der Waals surface area contributed by atoms with Gasteiger partial charge in [-0.25, -0.2) is 0 Å². The summed E-state index contributed by atoms with van der Waals surface area (Å²) in [4.78, 5) is 39.7. The molecular formula is C18H20ClN5O4S. The van der Waals surface area contributed by atoms with E-state index in [1.54, 1.807) is 4.90 Å².